The molecule has 0 radical (unpaired) electrons. The van der Waals surface area contributed by atoms with E-state index in [9.17, 15) is 8.42 Å². The maximum atomic E-state index is 11.0. The minimum atomic E-state index is -3.17. The van der Waals surface area contributed by atoms with Crippen molar-refractivity contribution in [3.63, 3.8) is 0 Å². The fraction of sp³-hybridized carbons (Fsp3) is 1.00. The average molecular weight is 238 g/mol. The minimum Gasteiger partial charge on any atom is -0.393 e. The molecule has 0 rings (SSSR count). The van der Waals surface area contributed by atoms with Crippen LogP contribution in [0.1, 0.15) is 27.2 Å². The third kappa shape index (κ3) is 10.1. The predicted octanol–water partition coefficient (Wildman–Crippen LogP) is -0.325. The van der Waals surface area contributed by atoms with Crippen LogP contribution in [0, 0.1) is 0 Å². The van der Waals surface area contributed by atoms with Crippen LogP contribution < -0.4 is 10.0 Å². The molecule has 0 aromatic heterocycles. The second-order valence-electron chi connectivity index (χ2n) is 4.57. The van der Waals surface area contributed by atoms with Crippen molar-refractivity contribution in [2.45, 2.75) is 38.8 Å². The van der Waals surface area contributed by atoms with Crippen LogP contribution in [-0.2, 0) is 10.0 Å². The molecule has 0 amide bonds. The Morgan fingerprint density at radius 2 is 1.93 bits per heavy atom. The molecule has 92 valence electrons. The Hall–Kier alpha value is -0.170. The summed E-state index contributed by atoms with van der Waals surface area (Å²) in [5, 5.41) is 12.1. The summed E-state index contributed by atoms with van der Waals surface area (Å²) < 4.78 is 24.5. The van der Waals surface area contributed by atoms with Crippen molar-refractivity contribution in [2.24, 2.45) is 0 Å². The predicted molar refractivity (Wildman–Crippen MR) is 61.2 cm³/mol. The van der Waals surface area contributed by atoms with E-state index in [0.717, 1.165) is 6.26 Å². The molecule has 0 heterocycles. The zero-order chi connectivity index (χ0) is 12.1. The van der Waals surface area contributed by atoms with E-state index in [0.29, 0.717) is 19.5 Å². The average Bonchev–Trinajstić information content (AvgIpc) is 1.93. The zero-order valence-electron chi connectivity index (χ0n) is 9.87. The molecular weight excluding hydrogens is 216 g/mol. The Morgan fingerprint density at radius 1 is 1.40 bits per heavy atom. The molecule has 0 saturated carbocycles. The summed E-state index contributed by atoms with van der Waals surface area (Å²) in [7, 11) is -3.17. The van der Waals surface area contributed by atoms with Gasteiger partial charge >= 0.3 is 0 Å². The first-order valence-corrected chi connectivity index (χ1v) is 6.89. The van der Waals surface area contributed by atoms with Crippen LogP contribution in [0.25, 0.3) is 0 Å². The van der Waals surface area contributed by atoms with Gasteiger partial charge in [0.15, 0.2) is 0 Å². The standard InChI is InChI=1S/C9H22N2O3S/c1-8(12)5-6-10-7-9(2,3)11-15(4,13)14/h8,10-12H,5-7H2,1-4H3. The number of aliphatic hydroxyl groups is 1. The van der Waals surface area contributed by atoms with Crippen molar-refractivity contribution in [3.05, 3.63) is 0 Å². The lowest BCUT2D eigenvalue weighted by atomic mass is 10.1. The van der Waals surface area contributed by atoms with Gasteiger partial charge < -0.3 is 10.4 Å². The van der Waals surface area contributed by atoms with Gasteiger partial charge in [0, 0.05) is 12.1 Å². The molecule has 0 aromatic carbocycles. The summed E-state index contributed by atoms with van der Waals surface area (Å²) in [6.45, 7) is 6.55. The number of nitrogens with one attached hydrogen (secondary N) is 2. The van der Waals surface area contributed by atoms with Crippen LogP contribution in [0.3, 0.4) is 0 Å². The fourth-order valence-electron chi connectivity index (χ4n) is 1.25. The molecule has 3 N–H and O–H groups in total. The number of hydrogen-bond donors (Lipinski definition) is 3. The van der Waals surface area contributed by atoms with Gasteiger partial charge in [0.1, 0.15) is 0 Å². The van der Waals surface area contributed by atoms with E-state index < -0.39 is 15.6 Å². The third-order valence-electron chi connectivity index (χ3n) is 1.77. The summed E-state index contributed by atoms with van der Waals surface area (Å²) in [6.07, 6.45) is 1.47. The number of hydrogen-bond acceptors (Lipinski definition) is 4. The van der Waals surface area contributed by atoms with Gasteiger partial charge in [0.2, 0.25) is 10.0 Å². The molecule has 5 nitrogen and oxygen atoms in total. The van der Waals surface area contributed by atoms with Crippen molar-refractivity contribution in [1.82, 2.24) is 10.0 Å². The molecule has 0 saturated heterocycles. The lowest BCUT2D eigenvalue weighted by Crippen LogP contribution is -2.50. The van der Waals surface area contributed by atoms with E-state index >= 15 is 0 Å². The van der Waals surface area contributed by atoms with Gasteiger partial charge in [-0.15, -0.1) is 0 Å². The Kier molecular flexibility index (Phi) is 5.72. The summed E-state index contributed by atoms with van der Waals surface area (Å²) in [4.78, 5) is 0. The van der Waals surface area contributed by atoms with Gasteiger partial charge in [-0.2, -0.15) is 0 Å². The first-order chi connectivity index (χ1) is 6.62. The Balaban J connectivity index is 3.85. The van der Waals surface area contributed by atoms with Gasteiger partial charge in [-0.1, -0.05) is 0 Å². The van der Waals surface area contributed by atoms with Gasteiger partial charge in [0.25, 0.3) is 0 Å². The molecule has 1 atom stereocenters. The van der Waals surface area contributed by atoms with Gasteiger partial charge in [0.05, 0.1) is 12.4 Å². The second-order valence-corrected chi connectivity index (χ2v) is 6.32. The lowest BCUT2D eigenvalue weighted by Gasteiger charge is -2.25. The molecule has 0 spiro atoms. The van der Waals surface area contributed by atoms with Crippen molar-refractivity contribution >= 4 is 10.0 Å². The highest BCUT2D eigenvalue weighted by atomic mass is 32.2. The lowest BCUT2D eigenvalue weighted by molar-refractivity contribution is 0.183. The molecular formula is C9H22N2O3S. The highest BCUT2D eigenvalue weighted by molar-refractivity contribution is 7.88. The molecule has 0 aliphatic carbocycles. The number of aliphatic hydroxyl groups excluding tert-OH is 1. The summed E-state index contributed by atoms with van der Waals surface area (Å²) in [6, 6.07) is 0. The molecule has 15 heavy (non-hydrogen) atoms. The van der Waals surface area contributed by atoms with Crippen LogP contribution in [0.4, 0.5) is 0 Å². The molecule has 0 aliphatic rings. The highest BCUT2D eigenvalue weighted by Gasteiger charge is 2.21. The molecule has 0 aliphatic heterocycles. The van der Waals surface area contributed by atoms with Crippen molar-refractivity contribution in [3.8, 4) is 0 Å². The van der Waals surface area contributed by atoms with E-state index in [4.69, 9.17) is 5.11 Å². The van der Waals surface area contributed by atoms with E-state index in [1.807, 2.05) is 13.8 Å². The van der Waals surface area contributed by atoms with E-state index in [2.05, 4.69) is 10.0 Å². The molecule has 0 bridgehead atoms. The van der Waals surface area contributed by atoms with E-state index in [1.54, 1.807) is 6.92 Å². The second kappa shape index (κ2) is 5.79. The van der Waals surface area contributed by atoms with E-state index in [-0.39, 0.29) is 6.10 Å². The largest absolute Gasteiger partial charge is 0.393 e. The maximum absolute atomic E-state index is 11.0. The van der Waals surface area contributed by atoms with Crippen LogP contribution in [0.15, 0.2) is 0 Å². The SMILES string of the molecule is CC(O)CCNCC(C)(C)NS(C)(=O)=O. The topological polar surface area (TPSA) is 78.4 Å². The van der Waals surface area contributed by atoms with E-state index in [1.165, 1.54) is 0 Å². The maximum Gasteiger partial charge on any atom is 0.209 e. The molecule has 6 heteroatoms. The molecule has 1 unspecified atom stereocenters. The monoisotopic (exact) mass is 238 g/mol. The minimum absolute atomic E-state index is 0.330. The zero-order valence-corrected chi connectivity index (χ0v) is 10.7. The van der Waals surface area contributed by atoms with Gasteiger partial charge in [-0.25, -0.2) is 13.1 Å². The summed E-state index contributed by atoms with van der Waals surface area (Å²) >= 11 is 0. The molecule has 0 aromatic rings. The van der Waals surface area contributed by atoms with Crippen LogP contribution in [0.2, 0.25) is 0 Å². The molecule has 0 fully saturated rings. The van der Waals surface area contributed by atoms with Crippen LogP contribution in [-0.4, -0.2) is 44.5 Å². The highest BCUT2D eigenvalue weighted by Crippen LogP contribution is 2.01. The van der Waals surface area contributed by atoms with Crippen molar-refractivity contribution < 1.29 is 13.5 Å². The normalized spacial score (nSPS) is 15.3. The third-order valence-corrected chi connectivity index (χ3v) is 2.69. The Labute approximate surface area is 92.3 Å². The Bertz CT molecular complexity index is 273. The first-order valence-electron chi connectivity index (χ1n) is 5.00. The van der Waals surface area contributed by atoms with Crippen LogP contribution >= 0.6 is 0 Å². The Morgan fingerprint density at radius 3 is 2.33 bits per heavy atom. The van der Waals surface area contributed by atoms with Gasteiger partial charge in [-0.05, 0) is 33.7 Å². The quantitative estimate of drug-likeness (QED) is 0.531. The van der Waals surface area contributed by atoms with Crippen molar-refractivity contribution in [2.75, 3.05) is 19.3 Å². The number of sulfonamides is 1. The smallest absolute Gasteiger partial charge is 0.209 e. The van der Waals surface area contributed by atoms with Gasteiger partial charge in [-0.3, -0.25) is 0 Å². The first kappa shape index (κ1) is 14.8. The van der Waals surface area contributed by atoms with Crippen LogP contribution in [0.5, 0.6) is 0 Å². The summed E-state index contributed by atoms with van der Waals surface area (Å²) in [5.74, 6) is 0. The summed E-state index contributed by atoms with van der Waals surface area (Å²) in [5.41, 5.74) is -0.508. The fourth-order valence-corrected chi connectivity index (χ4v) is 2.33. The van der Waals surface area contributed by atoms with Crippen molar-refractivity contribution in [1.29, 1.82) is 0 Å². The number of rotatable bonds is 7.